The second kappa shape index (κ2) is 4.96. The molecule has 0 spiro atoms. The number of carbonyl (C=O) groups excluding carboxylic acids is 2. The van der Waals surface area contributed by atoms with E-state index in [-0.39, 0.29) is 18.4 Å². The molecule has 19 heavy (non-hydrogen) atoms. The fourth-order valence-corrected chi connectivity index (χ4v) is 2.89. The van der Waals surface area contributed by atoms with E-state index < -0.39 is 0 Å². The van der Waals surface area contributed by atoms with Crippen molar-refractivity contribution in [3.8, 4) is 0 Å². The zero-order valence-corrected chi connectivity index (χ0v) is 12.1. The first-order chi connectivity index (χ1) is 9.16. The molecule has 1 saturated heterocycles. The molecule has 0 aromatic heterocycles. The molecule has 2 amide bonds. The molecule has 1 aliphatic carbocycles. The van der Waals surface area contributed by atoms with Crippen LogP contribution < -0.4 is 0 Å². The third-order valence-electron chi connectivity index (χ3n) is 3.64. The monoisotopic (exact) mass is 322 g/mol. The maximum Gasteiger partial charge on any atom is 0.255 e. The number of rotatable bonds is 2. The van der Waals surface area contributed by atoms with Crippen LogP contribution in [0.2, 0.25) is 0 Å². The van der Waals surface area contributed by atoms with E-state index in [1.165, 1.54) is 0 Å². The highest BCUT2D eigenvalue weighted by Crippen LogP contribution is 2.28. The van der Waals surface area contributed by atoms with E-state index in [4.69, 9.17) is 0 Å². The molecule has 1 aliphatic heterocycles. The molecule has 1 aromatic rings. The minimum Gasteiger partial charge on any atom is -0.336 e. The van der Waals surface area contributed by atoms with E-state index in [2.05, 4.69) is 15.9 Å². The summed E-state index contributed by atoms with van der Waals surface area (Å²) in [5.74, 6) is 0.00502. The van der Waals surface area contributed by atoms with Crippen molar-refractivity contribution in [2.45, 2.75) is 18.9 Å². The van der Waals surface area contributed by atoms with Gasteiger partial charge in [-0.1, -0.05) is 12.1 Å². The molecule has 0 radical (unpaired) electrons. The number of hydrogen-bond donors (Lipinski definition) is 0. The second-order valence-electron chi connectivity index (χ2n) is 5.02. The molecule has 1 saturated carbocycles. The quantitative estimate of drug-likeness (QED) is 0.834. The molecule has 0 unspecified atom stereocenters. The van der Waals surface area contributed by atoms with Crippen molar-refractivity contribution in [1.82, 2.24) is 9.80 Å². The van der Waals surface area contributed by atoms with E-state index in [0.29, 0.717) is 24.7 Å². The van der Waals surface area contributed by atoms with Crippen LogP contribution in [0.1, 0.15) is 23.2 Å². The fourth-order valence-electron chi connectivity index (χ4n) is 2.44. The Morgan fingerprint density at radius 3 is 2.58 bits per heavy atom. The van der Waals surface area contributed by atoms with Crippen LogP contribution in [-0.2, 0) is 4.79 Å². The zero-order chi connectivity index (χ0) is 13.4. The molecule has 5 heteroatoms. The smallest absolute Gasteiger partial charge is 0.255 e. The van der Waals surface area contributed by atoms with Gasteiger partial charge in [-0.25, -0.2) is 0 Å². The Balaban J connectivity index is 1.72. The SMILES string of the molecule is O=C(c1ccccc1Br)N1CCN(C2CC2)C(=O)C1. The Hall–Kier alpha value is -1.36. The van der Waals surface area contributed by atoms with Crippen LogP contribution in [0.5, 0.6) is 0 Å². The molecule has 0 atom stereocenters. The minimum absolute atomic E-state index is 0.0729. The molecule has 0 N–H and O–H groups in total. The van der Waals surface area contributed by atoms with E-state index in [0.717, 1.165) is 17.3 Å². The highest BCUT2D eigenvalue weighted by molar-refractivity contribution is 9.10. The van der Waals surface area contributed by atoms with Gasteiger partial charge in [0.2, 0.25) is 5.91 Å². The predicted octanol–water partition coefficient (Wildman–Crippen LogP) is 1.90. The van der Waals surface area contributed by atoms with E-state index in [1.807, 2.05) is 23.1 Å². The van der Waals surface area contributed by atoms with Gasteiger partial charge in [0.15, 0.2) is 0 Å². The second-order valence-corrected chi connectivity index (χ2v) is 5.88. The van der Waals surface area contributed by atoms with Crippen molar-refractivity contribution in [2.24, 2.45) is 0 Å². The lowest BCUT2D eigenvalue weighted by Gasteiger charge is -2.34. The van der Waals surface area contributed by atoms with Crippen molar-refractivity contribution in [3.63, 3.8) is 0 Å². The summed E-state index contributed by atoms with van der Waals surface area (Å²) in [4.78, 5) is 28.0. The van der Waals surface area contributed by atoms with Gasteiger partial charge in [-0.15, -0.1) is 0 Å². The summed E-state index contributed by atoms with van der Waals surface area (Å²) in [7, 11) is 0. The summed E-state index contributed by atoms with van der Waals surface area (Å²) in [5, 5.41) is 0. The number of hydrogen-bond acceptors (Lipinski definition) is 2. The average Bonchev–Trinajstić information content (AvgIpc) is 3.23. The van der Waals surface area contributed by atoms with Crippen LogP contribution in [-0.4, -0.2) is 47.3 Å². The third-order valence-corrected chi connectivity index (χ3v) is 4.33. The summed E-state index contributed by atoms with van der Waals surface area (Å²) in [6, 6.07) is 7.77. The Labute approximate surface area is 120 Å². The highest BCUT2D eigenvalue weighted by Gasteiger charge is 2.37. The van der Waals surface area contributed by atoms with Gasteiger partial charge in [0.05, 0.1) is 5.56 Å². The molecule has 4 nitrogen and oxygen atoms in total. The van der Waals surface area contributed by atoms with Crippen LogP contribution in [0, 0.1) is 0 Å². The van der Waals surface area contributed by atoms with Crippen LogP contribution >= 0.6 is 15.9 Å². The molecule has 2 aliphatic rings. The standard InChI is InChI=1S/C14H15BrN2O2/c15-12-4-2-1-3-11(12)14(19)16-7-8-17(10-5-6-10)13(18)9-16/h1-4,10H,5-9H2. The number of halogens is 1. The summed E-state index contributed by atoms with van der Waals surface area (Å²) in [5.41, 5.74) is 0.621. The number of amides is 2. The molecular formula is C14H15BrN2O2. The number of benzene rings is 1. The summed E-state index contributed by atoms with van der Waals surface area (Å²) >= 11 is 3.38. The van der Waals surface area contributed by atoms with Crippen LogP contribution in [0.3, 0.4) is 0 Å². The van der Waals surface area contributed by atoms with Gasteiger partial charge >= 0.3 is 0 Å². The number of carbonyl (C=O) groups is 2. The van der Waals surface area contributed by atoms with Gasteiger partial charge in [0, 0.05) is 23.6 Å². The van der Waals surface area contributed by atoms with Gasteiger partial charge in [0.1, 0.15) is 6.54 Å². The van der Waals surface area contributed by atoms with E-state index >= 15 is 0 Å². The number of piperazine rings is 1. The first-order valence-corrected chi connectivity index (χ1v) is 7.29. The van der Waals surface area contributed by atoms with E-state index in [1.54, 1.807) is 11.0 Å². The molecular weight excluding hydrogens is 308 g/mol. The Bertz CT molecular complexity index is 528. The molecule has 1 aromatic carbocycles. The van der Waals surface area contributed by atoms with Crippen molar-refractivity contribution in [1.29, 1.82) is 0 Å². The molecule has 2 fully saturated rings. The topological polar surface area (TPSA) is 40.6 Å². The Morgan fingerprint density at radius 1 is 1.21 bits per heavy atom. The lowest BCUT2D eigenvalue weighted by molar-refractivity contribution is -0.135. The summed E-state index contributed by atoms with van der Waals surface area (Å²) in [6.07, 6.45) is 2.23. The van der Waals surface area contributed by atoms with Gasteiger partial charge in [-0.05, 0) is 40.9 Å². The van der Waals surface area contributed by atoms with Gasteiger partial charge < -0.3 is 9.80 Å². The maximum atomic E-state index is 12.4. The molecule has 0 bridgehead atoms. The van der Waals surface area contributed by atoms with Gasteiger partial charge in [-0.3, -0.25) is 9.59 Å². The summed E-state index contributed by atoms with van der Waals surface area (Å²) < 4.78 is 0.775. The summed E-state index contributed by atoms with van der Waals surface area (Å²) in [6.45, 7) is 1.50. The predicted molar refractivity (Wildman–Crippen MR) is 74.8 cm³/mol. The lowest BCUT2D eigenvalue weighted by Crippen LogP contribution is -2.52. The van der Waals surface area contributed by atoms with Gasteiger partial charge in [-0.2, -0.15) is 0 Å². The van der Waals surface area contributed by atoms with Crippen LogP contribution in [0.25, 0.3) is 0 Å². The van der Waals surface area contributed by atoms with Crippen LogP contribution in [0.4, 0.5) is 0 Å². The minimum atomic E-state index is -0.0729. The normalized spacial score (nSPS) is 19.7. The van der Waals surface area contributed by atoms with Crippen molar-refractivity contribution in [3.05, 3.63) is 34.3 Å². The lowest BCUT2D eigenvalue weighted by atomic mass is 10.2. The van der Waals surface area contributed by atoms with Crippen molar-refractivity contribution in [2.75, 3.05) is 19.6 Å². The van der Waals surface area contributed by atoms with E-state index in [9.17, 15) is 9.59 Å². The largest absolute Gasteiger partial charge is 0.336 e. The molecule has 3 rings (SSSR count). The Morgan fingerprint density at radius 2 is 1.95 bits per heavy atom. The number of nitrogens with zero attached hydrogens (tertiary/aromatic N) is 2. The fraction of sp³-hybridized carbons (Fsp3) is 0.429. The average molecular weight is 323 g/mol. The first-order valence-electron chi connectivity index (χ1n) is 6.50. The highest BCUT2D eigenvalue weighted by atomic mass is 79.9. The maximum absolute atomic E-state index is 12.4. The molecule has 100 valence electrons. The zero-order valence-electron chi connectivity index (χ0n) is 10.5. The Kier molecular flexibility index (Phi) is 3.31. The van der Waals surface area contributed by atoms with Crippen molar-refractivity contribution >= 4 is 27.7 Å². The third kappa shape index (κ3) is 2.52. The first kappa shape index (κ1) is 12.7. The van der Waals surface area contributed by atoms with Crippen LogP contribution in [0.15, 0.2) is 28.7 Å². The van der Waals surface area contributed by atoms with Crippen molar-refractivity contribution < 1.29 is 9.59 Å². The molecule has 1 heterocycles. The van der Waals surface area contributed by atoms with Gasteiger partial charge in [0.25, 0.3) is 5.91 Å².